The minimum Gasteiger partial charge on any atom is -0.504 e. The van der Waals surface area contributed by atoms with E-state index in [2.05, 4.69) is 5.32 Å². The minimum absolute atomic E-state index is 0.0709. The number of aromatic hydroxyl groups is 1. The van der Waals surface area contributed by atoms with E-state index in [9.17, 15) is 24.6 Å². The average Bonchev–Trinajstić information content (AvgIpc) is 3.30. The van der Waals surface area contributed by atoms with Gasteiger partial charge in [-0.2, -0.15) is 11.8 Å². The van der Waals surface area contributed by atoms with Gasteiger partial charge in [-0.05, 0) is 37.0 Å². The Kier molecular flexibility index (Phi) is 6.86. The number of amides is 2. The lowest BCUT2D eigenvalue weighted by Crippen LogP contribution is -2.56. The summed E-state index contributed by atoms with van der Waals surface area (Å²) in [6.45, 7) is 2.19. The number of nitrogens with one attached hydrogen (secondary N) is 1. The smallest absolute Gasteiger partial charge is 0.324 e. The van der Waals surface area contributed by atoms with Crippen LogP contribution in [0.2, 0.25) is 0 Å². The topological polar surface area (TPSA) is 116 Å². The second kappa shape index (κ2) is 9.68. The van der Waals surface area contributed by atoms with Gasteiger partial charge in [-0.1, -0.05) is 42.5 Å². The van der Waals surface area contributed by atoms with E-state index >= 15 is 0 Å². The number of rotatable bonds is 9. The van der Waals surface area contributed by atoms with Crippen LogP contribution in [0, 0.1) is 11.8 Å². The molecule has 2 saturated heterocycles. The van der Waals surface area contributed by atoms with E-state index in [1.54, 1.807) is 25.1 Å². The molecule has 9 heteroatoms. The number of phenolic OH excluding ortho intramolecular Hbond substituents is 1. The molecule has 2 aromatic rings. The predicted molar refractivity (Wildman–Crippen MR) is 127 cm³/mol. The Morgan fingerprint density at radius 2 is 1.88 bits per heavy atom. The second-order valence-corrected chi connectivity index (χ2v) is 9.51. The third-order valence-electron chi connectivity index (χ3n) is 6.68. The van der Waals surface area contributed by atoms with Gasteiger partial charge in [0.05, 0.1) is 25.0 Å². The number of thioether (sulfide) groups is 1. The predicted octanol–water partition coefficient (Wildman–Crippen LogP) is 2.81. The summed E-state index contributed by atoms with van der Waals surface area (Å²) in [5.74, 6) is -3.60. The molecule has 0 aliphatic carbocycles. The first-order valence-corrected chi connectivity index (χ1v) is 12.6. The summed E-state index contributed by atoms with van der Waals surface area (Å²) in [6, 6.07) is 13.2. The molecule has 0 aromatic heterocycles. The highest BCUT2D eigenvalue weighted by atomic mass is 32.2. The normalized spacial score (nSPS) is 26.1. The van der Waals surface area contributed by atoms with Crippen molar-refractivity contribution in [1.29, 1.82) is 0 Å². The van der Waals surface area contributed by atoms with Gasteiger partial charge in [-0.3, -0.25) is 24.6 Å². The highest BCUT2D eigenvalue weighted by Gasteiger charge is 2.68. The van der Waals surface area contributed by atoms with E-state index in [0.717, 1.165) is 5.56 Å². The number of ether oxygens (including phenoxy) is 1. The molecule has 2 amide bonds. The number of phenols is 1. The SMILES string of the molecule is CCOc1cccc([C@@H]2N[C@](CCSC)(C(=O)O)[C@H]3C(=O)N(Cc4ccccc4)C(=O)[C@H]23)c1O. The molecule has 2 aromatic carbocycles. The van der Waals surface area contributed by atoms with E-state index in [1.807, 2.05) is 36.6 Å². The van der Waals surface area contributed by atoms with Crippen molar-refractivity contribution in [3.8, 4) is 11.5 Å². The monoisotopic (exact) mass is 484 g/mol. The molecular formula is C25H28N2O6S. The number of hydrogen-bond donors (Lipinski definition) is 3. The number of likely N-dealkylation sites (tertiary alicyclic amines) is 1. The number of carbonyl (C=O) groups is 3. The van der Waals surface area contributed by atoms with Crippen molar-refractivity contribution in [2.24, 2.45) is 11.8 Å². The van der Waals surface area contributed by atoms with Crippen molar-refractivity contribution in [3.05, 3.63) is 59.7 Å². The fraction of sp³-hybridized carbons (Fsp3) is 0.400. The minimum atomic E-state index is -1.63. The van der Waals surface area contributed by atoms with Gasteiger partial charge < -0.3 is 14.9 Å². The van der Waals surface area contributed by atoms with Gasteiger partial charge in [0.2, 0.25) is 11.8 Å². The Balaban J connectivity index is 1.81. The lowest BCUT2D eigenvalue weighted by Gasteiger charge is -2.31. The van der Waals surface area contributed by atoms with Crippen LogP contribution >= 0.6 is 11.8 Å². The standard InChI is InChI=1S/C25H28N2O6S/c1-3-33-17-11-7-10-16(21(17)28)20-18-19(25(26-20,24(31)32)12-13-34-2)23(30)27(22(18)29)14-15-8-5-4-6-9-15/h4-11,18-20,26,28H,3,12-14H2,1-2H3,(H,31,32)/t18-,19+,20-,25-/m0/s1. The number of aliphatic carboxylic acids is 1. The fourth-order valence-electron chi connectivity index (χ4n) is 5.11. The van der Waals surface area contributed by atoms with Crippen molar-refractivity contribution in [1.82, 2.24) is 10.2 Å². The van der Waals surface area contributed by atoms with E-state index in [0.29, 0.717) is 17.9 Å². The molecule has 0 spiro atoms. The van der Waals surface area contributed by atoms with Crippen molar-refractivity contribution in [2.75, 3.05) is 18.6 Å². The Hall–Kier alpha value is -3.04. The molecule has 4 atom stereocenters. The largest absolute Gasteiger partial charge is 0.504 e. The molecule has 8 nitrogen and oxygen atoms in total. The molecule has 0 saturated carbocycles. The number of benzene rings is 2. The van der Waals surface area contributed by atoms with Crippen LogP contribution < -0.4 is 10.1 Å². The highest BCUT2D eigenvalue weighted by Crippen LogP contribution is 2.52. The summed E-state index contributed by atoms with van der Waals surface area (Å²) in [7, 11) is 0. The number of para-hydroxylation sites is 1. The van der Waals surface area contributed by atoms with Crippen LogP contribution in [-0.2, 0) is 20.9 Å². The van der Waals surface area contributed by atoms with Crippen LogP contribution in [0.1, 0.15) is 30.5 Å². The third kappa shape index (κ3) is 3.92. The van der Waals surface area contributed by atoms with Gasteiger partial charge in [0.25, 0.3) is 0 Å². The zero-order valence-electron chi connectivity index (χ0n) is 19.1. The maximum absolute atomic E-state index is 13.6. The molecular weight excluding hydrogens is 456 g/mol. The van der Waals surface area contributed by atoms with Crippen LogP contribution in [-0.4, -0.2) is 57.1 Å². The van der Waals surface area contributed by atoms with Gasteiger partial charge in [0, 0.05) is 11.6 Å². The first-order valence-electron chi connectivity index (χ1n) is 11.2. The van der Waals surface area contributed by atoms with Crippen LogP contribution in [0.4, 0.5) is 0 Å². The first-order chi connectivity index (χ1) is 16.4. The molecule has 4 rings (SSSR count). The Morgan fingerprint density at radius 1 is 1.15 bits per heavy atom. The number of carbonyl (C=O) groups excluding carboxylic acids is 2. The maximum atomic E-state index is 13.6. The van der Waals surface area contributed by atoms with Crippen LogP contribution in [0.3, 0.4) is 0 Å². The summed E-state index contributed by atoms with van der Waals surface area (Å²) in [4.78, 5) is 41.1. The van der Waals surface area contributed by atoms with Gasteiger partial charge in [0.1, 0.15) is 5.54 Å². The number of nitrogens with zero attached hydrogens (tertiary/aromatic N) is 1. The van der Waals surface area contributed by atoms with Gasteiger partial charge in [-0.15, -0.1) is 0 Å². The summed E-state index contributed by atoms with van der Waals surface area (Å²) in [6.07, 6.45) is 2.02. The molecule has 2 aliphatic heterocycles. The van der Waals surface area contributed by atoms with Gasteiger partial charge in [0.15, 0.2) is 11.5 Å². The average molecular weight is 485 g/mol. The molecule has 0 unspecified atom stereocenters. The summed E-state index contributed by atoms with van der Waals surface area (Å²) in [5, 5.41) is 24.4. The van der Waals surface area contributed by atoms with E-state index in [-0.39, 0.29) is 24.5 Å². The Bertz CT molecular complexity index is 1090. The molecule has 180 valence electrons. The van der Waals surface area contributed by atoms with E-state index < -0.39 is 41.2 Å². The molecule has 0 radical (unpaired) electrons. The van der Waals surface area contributed by atoms with Crippen molar-refractivity contribution >= 4 is 29.5 Å². The van der Waals surface area contributed by atoms with Crippen molar-refractivity contribution in [3.63, 3.8) is 0 Å². The van der Waals surface area contributed by atoms with Crippen molar-refractivity contribution in [2.45, 2.75) is 31.5 Å². The fourth-order valence-corrected chi connectivity index (χ4v) is 5.64. The lowest BCUT2D eigenvalue weighted by molar-refractivity contribution is -0.151. The second-order valence-electron chi connectivity index (χ2n) is 8.52. The summed E-state index contributed by atoms with van der Waals surface area (Å²) in [5.41, 5.74) is -0.513. The highest BCUT2D eigenvalue weighted by molar-refractivity contribution is 7.98. The summed E-state index contributed by atoms with van der Waals surface area (Å²) < 4.78 is 5.50. The summed E-state index contributed by atoms with van der Waals surface area (Å²) >= 11 is 1.47. The maximum Gasteiger partial charge on any atom is 0.324 e. The van der Waals surface area contributed by atoms with Crippen LogP contribution in [0.25, 0.3) is 0 Å². The first kappa shape index (κ1) is 24.1. The molecule has 2 heterocycles. The lowest BCUT2D eigenvalue weighted by atomic mass is 9.78. The number of fused-ring (bicyclic) bond motifs is 1. The van der Waals surface area contributed by atoms with Gasteiger partial charge in [-0.25, -0.2) is 0 Å². The quantitative estimate of drug-likeness (QED) is 0.466. The molecule has 0 bridgehead atoms. The Labute approximate surface area is 202 Å². The van der Waals surface area contributed by atoms with E-state index in [4.69, 9.17) is 4.74 Å². The molecule has 2 aliphatic rings. The van der Waals surface area contributed by atoms with E-state index in [1.165, 1.54) is 16.7 Å². The molecule has 3 N–H and O–H groups in total. The number of imide groups is 1. The van der Waals surface area contributed by atoms with Crippen LogP contribution in [0.15, 0.2) is 48.5 Å². The number of carboxylic acids is 1. The number of hydrogen-bond acceptors (Lipinski definition) is 7. The Morgan fingerprint density at radius 3 is 2.53 bits per heavy atom. The number of carboxylic acid groups (broad SMARTS) is 1. The van der Waals surface area contributed by atoms with Gasteiger partial charge >= 0.3 is 5.97 Å². The molecule has 34 heavy (non-hydrogen) atoms. The van der Waals surface area contributed by atoms with Crippen molar-refractivity contribution < 1.29 is 29.3 Å². The zero-order chi connectivity index (χ0) is 24.5. The molecule has 2 fully saturated rings. The zero-order valence-corrected chi connectivity index (χ0v) is 19.9. The third-order valence-corrected chi connectivity index (χ3v) is 7.29. The van der Waals surface area contributed by atoms with Crippen LogP contribution in [0.5, 0.6) is 11.5 Å².